The summed E-state index contributed by atoms with van der Waals surface area (Å²) >= 11 is 5.89. The Bertz CT molecular complexity index is 713. The molecule has 0 fully saturated rings. The van der Waals surface area contributed by atoms with Crippen LogP contribution in [-0.2, 0) is 0 Å². The summed E-state index contributed by atoms with van der Waals surface area (Å²) < 4.78 is 11.2. The van der Waals surface area contributed by atoms with Crippen molar-refractivity contribution >= 4 is 23.1 Å². The molecular formula is C15H12ClN3O2. The van der Waals surface area contributed by atoms with E-state index in [0.29, 0.717) is 30.3 Å². The SMILES string of the molecule is N#Cc1cc(Cl)nc(Nc2ccc3c(c2)OCCCO3)c1. The molecule has 0 saturated heterocycles. The zero-order chi connectivity index (χ0) is 14.7. The minimum absolute atomic E-state index is 0.269. The minimum atomic E-state index is 0.269. The van der Waals surface area contributed by atoms with Crippen LogP contribution in [0, 0.1) is 11.3 Å². The third-order valence-corrected chi connectivity index (χ3v) is 3.14. The lowest BCUT2D eigenvalue weighted by Crippen LogP contribution is -1.97. The molecule has 3 rings (SSSR count). The van der Waals surface area contributed by atoms with Crippen LogP contribution in [0.3, 0.4) is 0 Å². The Balaban J connectivity index is 1.87. The van der Waals surface area contributed by atoms with Gasteiger partial charge in [0.1, 0.15) is 11.0 Å². The molecule has 0 aliphatic carbocycles. The third-order valence-electron chi connectivity index (χ3n) is 2.94. The lowest BCUT2D eigenvalue weighted by Gasteiger charge is -2.11. The average Bonchev–Trinajstić information content (AvgIpc) is 2.71. The first kappa shape index (κ1) is 13.5. The zero-order valence-electron chi connectivity index (χ0n) is 11.1. The van der Waals surface area contributed by atoms with E-state index in [1.807, 2.05) is 24.3 Å². The van der Waals surface area contributed by atoms with Crippen LogP contribution in [0.5, 0.6) is 11.5 Å². The first-order valence-corrected chi connectivity index (χ1v) is 6.87. The number of benzene rings is 1. The van der Waals surface area contributed by atoms with Crippen molar-refractivity contribution in [3.05, 3.63) is 41.0 Å². The van der Waals surface area contributed by atoms with Crippen molar-refractivity contribution in [1.29, 1.82) is 5.26 Å². The number of halogens is 1. The molecule has 6 heteroatoms. The number of nitrogens with zero attached hydrogens (tertiary/aromatic N) is 2. The van der Waals surface area contributed by atoms with Gasteiger partial charge in [-0.1, -0.05) is 11.6 Å². The van der Waals surface area contributed by atoms with Crippen LogP contribution in [-0.4, -0.2) is 18.2 Å². The summed E-state index contributed by atoms with van der Waals surface area (Å²) in [6, 6.07) is 10.7. The Hall–Kier alpha value is -2.45. The Morgan fingerprint density at radius 2 is 1.95 bits per heavy atom. The zero-order valence-corrected chi connectivity index (χ0v) is 11.9. The highest BCUT2D eigenvalue weighted by molar-refractivity contribution is 6.29. The number of aromatic nitrogens is 1. The number of anilines is 2. The lowest BCUT2D eigenvalue weighted by molar-refractivity contribution is 0.297. The maximum absolute atomic E-state index is 8.94. The minimum Gasteiger partial charge on any atom is -0.490 e. The molecule has 2 heterocycles. The standard InChI is InChI=1S/C15H12ClN3O2/c16-14-6-10(9-17)7-15(19-14)18-11-2-3-12-13(8-11)21-5-1-4-20-12/h2-3,6-8H,1,4-5H2,(H,18,19). The molecule has 0 radical (unpaired) electrons. The number of hydrogen-bond acceptors (Lipinski definition) is 5. The molecule has 0 unspecified atom stereocenters. The van der Waals surface area contributed by atoms with E-state index in [2.05, 4.69) is 10.3 Å². The highest BCUT2D eigenvalue weighted by Crippen LogP contribution is 2.33. The third kappa shape index (κ3) is 3.18. The van der Waals surface area contributed by atoms with Crippen molar-refractivity contribution in [1.82, 2.24) is 4.98 Å². The lowest BCUT2D eigenvalue weighted by atomic mass is 10.2. The van der Waals surface area contributed by atoms with Gasteiger partial charge in [0.2, 0.25) is 0 Å². The number of rotatable bonds is 2. The largest absolute Gasteiger partial charge is 0.490 e. The second kappa shape index (κ2) is 5.90. The predicted molar refractivity (Wildman–Crippen MR) is 79.3 cm³/mol. The summed E-state index contributed by atoms with van der Waals surface area (Å²) in [4.78, 5) is 4.14. The predicted octanol–water partition coefficient (Wildman–Crippen LogP) is 3.51. The second-order valence-electron chi connectivity index (χ2n) is 4.51. The van der Waals surface area contributed by atoms with Gasteiger partial charge in [0.25, 0.3) is 0 Å². The second-order valence-corrected chi connectivity index (χ2v) is 4.90. The van der Waals surface area contributed by atoms with E-state index < -0.39 is 0 Å². The summed E-state index contributed by atoms with van der Waals surface area (Å²) in [7, 11) is 0. The number of ether oxygens (including phenoxy) is 2. The van der Waals surface area contributed by atoms with E-state index >= 15 is 0 Å². The molecule has 1 aromatic carbocycles. The summed E-state index contributed by atoms with van der Waals surface area (Å²) in [6.45, 7) is 1.28. The van der Waals surface area contributed by atoms with Gasteiger partial charge in [0.15, 0.2) is 11.5 Å². The number of pyridine rings is 1. The van der Waals surface area contributed by atoms with Crippen LogP contribution in [0.2, 0.25) is 5.15 Å². The first-order chi connectivity index (χ1) is 10.2. The number of fused-ring (bicyclic) bond motifs is 1. The molecule has 21 heavy (non-hydrogen) atoms. The average molecular weight is 302 g/mol. The quantitative estimate of drug-likeness (QED) is 0.860. The Morgan fingerprint density at radius 1 is 1.14 bits per heavy atom. The van der Waals surface area contributed by atoms with E-state index in [1.165, 1.54) is 6.07 Å². The van der Waals surface area contributed by atoms with Crippen LogP contribution in [0.25, 0.3) is 0 Å². The van der Waals surface area contributed by atoms with Crippen LogP contribution < -0.4 is 14.8 Å². The van der Waals surface area contributed by atoms with Crippen molar-refractivity contribution < 1.29 is 9.47 Å². The van der Waals surface area contributed by atoms with Gasteiger partial charge in [-0.15, -0.1) is 0 Å². The van der Waals surface area contributed by atoms with E-state index in [-0.39, 0.29) is 5.15 Å². The Kier molecular flexibility index (Phi) is 3.80. The van der Waals surface area contributed by atoms with Crippen LogP contribution >= 0.6 is 11.6 Å². The summed E-state index contributed by atoms with van der Waals surface area (Å²) in [5.74, 6) is 1.93. The summed E-state index contributed by atoms with van der Waals surface area (Å²) in [5, 5.41) is 12.3. The van der Waals surface area contributed by atoms with Crippen molar-refractivity contribution in [3.63, 3.8) is 0 Å². The highest BCUT2D eigenvalue weighted by Gasteiger charge is 2.11. The van der Waals surface area contributed by atoms with Crippen molar-refractivity contribution in [2.75, 3.05) is 18.5 Å². The smallest absolute Gasteiger partial charge is 0.163 e. The fraction of sp³-hybridized carbons (Fsp3) is 0.200. The normalized spacial score (nSPS) is 13.1. The van der Waals surface area contributed by atoms with Gasteiger partial charge in [-0.25, -0.2) is 4.98 Å². The molecule has 5 nitrogen and oxygen atoms in total. The molecule has 1 aromatic heterocycles. The van der Waals surface area contributed by atoms with E-state index in [4.69, 9.17) is 26.3 Å². The molecule has 1 N–H and O–H groups in total. The molecule has 1 aliphatic rings. The van der Waals surface area contributed by atoms with Crippen molar-refractivity contribution in [2.24, 2.45) is 0 Å². The topological polar surface area (TPSA) is 67.2 Å². The molecule has 1 aliphatic heterocycles. The van der Waals surface area contributed by atoms with Gasteiger partial charge in [-0.05, 0) is 24.3 Å². The summed E-state index contributed by atoms with van der Waals surface area (Å²) in [6.07, 6.45) is 0.860. The number of nitriles is 1. The molecule has 0 bridgehead atoms. The molecule has 0 saturated carbocycles. The molecule has 0 atom stereocenters. The fourth-order valence-corrected chi connectivity index (χ4v) is 2.22. The van der Waals surface area contributed by atoms with Crippen molar-refractivity contribution in [2.45, 2.75) is 6.42 Å². The molecule has 0 spiro atoms. The van der Waals surface area contributed by atoms with Gasteiger partial charge < -0.3 is 14.8 Å². The van der Waals surface area contributed by atoms with E-state index in [9.17, 15) is 0 Å². The maximum atomic E-state index is 8.94. The number of nitrogens with one attached hydrogen (secondary N) is 1. The van der Waals surface area contributed by atoms with Gasteiger partial charge >= 0.3 is 0 Å². The van der Waals surface area contributed by atoms with Crippen molar-refractivity contribution in [3.8, 4) is 17.6 Å². The van der Waals surface area contributed by atoms with Gasteiger partial charge in [-0.3, -0.25) is 0 Å². The summed E-state index contributed by atoms with van der Waals surface area (Å²) in [5.41, 5.74) is 1.24. The maximum Gasteiger partial charge on any atom is 0.163 e. The van der Waals surface area contributed by atoms with Crippen LogP contribution in [0.1, 0.15) is 12.0 Å². The molecule has 2 aromatic rings. The van der Waals surface area contributed by atoms with Gasteiger partial charge in [-0.2, -0.15) is 5.26 Å². The fourth-order valence-electron chi connectivity index (χ4n) is 2.01. The van der Waals surface area contributed by atoms with E-state index in [1.54, 1.807) is 6.07 Å². The highest BCUT2D eigenvalue weighted by atomic mass is 35.5. The first-order valence-electron chi connectivity index (χ1n) is 6.49. The van der Waals surface area contributed by atoms with Gasteiger partial charge in [0.05, 0.1) is 24.8 Å². The monoisotopic (exact) mass is 301 g/mol. The molecular weight excluding hydrogens is 290 g/mol. The number of hydrogen-bond donors (Lipinski definition) is 1. The van der Waals surface area contributed by atoms with Gasteiger partial charge in [0, 0.05) is 18.2 Å². The molecule has 0 amide bonds. The van der Waals surface area contributed by atoms with E-state index in [0.717, 1.165) is 17.9 Å². The molecule has 106 valence electrons. The van der Waals surface area contributed by atoms with Crippen LogP contribution in [0.4, 0.5) is 11.5 Å². The van der Waals surface area contributed by atoms with Crippen LogP contribution in [0.15, 0.2) is 30.3 Å². The Labute approximate surface area is 127 Å². The Morgan fingerprint density at radius 3 is 2.76 bits per heavy atom.